The molecule has 0 radical (unpaired) electrons. The fourth-order valence-electron chi connectivity index (χ4n) is 6.41. The number of benzene rings is 6. The van der Waals surface area contributed by atoms with Gasteiger partial charge in [0.15, 0.2) is 5.82 Å². The molecule has 3 heterocycles. The summed E-state index contributed by atoms with van der Waals surface area (Å²) < 4.78 is 1.25. The Hall–Kier alpha value is -5.97. The van der Waals surface area contributed by atoms with Crippen LogP contribution in [0, 0.1) is 0 Å². The predicted octanol–water partition coefficient (Wildman–Crippen LogP) is 11.7. The molecule has 0 aliphatic heterocycles. The minimum Gasteiger partial charge on any atom is -0.237 e. The molecule has 0 bridgehead atoms. The van der Waals surface area contributed by atoms with Crippen molar-refractivity contribution >= 4 is 42.5 Å². The van der Waals surface area contributed by atoms with Crippen molar-refractivity contribution in [3.8, 4) is 56.2 Å². The second kappa shape index (κ2) is 11.4. The first-order valence-electron chi connectivity index (χ1n) is 15.7. The van der Waals surface area contributed by atoms with Gasteiger partial charge >= 0.3 is 0 Å². The largest absolute Gasteiger partial charge is 0.237 e. The molecule has 9 rings (SSSR count). The molecule has 6 aromatic carbocycles. The molecule has 0 fully saturated rings. The van der Waals surface area contributed by atoms with E-state index in [1.54, 1.807) is 11.3 Å². The zero-order valence-electron chi connectivity index (χ0n) is 25.3. The van der Waals surface area contributed by atoms with Crippen molar-refractivity contribution in [1.29, 1.82) is 0 Å². The van der Waals surface area contributed by atoms with Crippen LogP contribution in [0.15, 0.2) is 164 Å². The van der Waals surface area contributed by atoms with E-state index in [-0.39, 0.29) is 0 Å². The number of nitrogens with zero attached hydrogens (tertiary/aromatic N) is 3. The Labute approximate surface area is 276 Å². The van der Waals surface area contributed by atoms with Gasteiger partial charge in [0.05, 0.1) is 16.9 Å². The third-order valence-electron chi connectivity index (χ3n) is 8.74. The third-order valence-corrected chi connectivity index (χ3v) is 9.80. The summed E-state index contributed by atoms with van der Waals surface area (Å²) in [6, 6.07) is 57.3. The van der Waals surface area contributed by atoms with Gasteiger partial charge in [-0.3, -0.25) is 0 Å². The fraction of sp³-hybridized carbons (Fsp3) is 0. The summed E-state index contributed by atoms with van der Waals surface area (Å²) in [7, 11) is 0. The second-order valence-electron chi connectivity index (χ2n) is 11.6. The quantitative estimate of drug-likeness (QED) is 0.193. The van der Waals surface area contributed by atoms with Crippen molar-refractivity contribution in [3.63, 3.8) is 0 Å². The number of hydrogen-bond acceptors (Lipinski definition) is 4. The highest BCUT2D eigenvalue weighted by molar-refractivity contribution is 7.25. The molecule has 9 aromatic rings. The number of thiophene rings is 1. The third kappa shape index (κ3) is 4.96. The van der Waals surface area contributed by atoms with Crippen molar-refractivity contribution in [2.24, 2.45) is 0 Å². The van der Waals surface area contributed by atoms with E-state index in [4.69, 9.17) is 15.0 Å². The van der Waals surface area contributed by atoms with Gasteiger partial charge in [-0.1, -0.05) is 146 Å². The van der Waals surface area contributed by atoms with E-state index in [0.29, 0.717) is 5.82 Å². The maximum absolute atomic E-state index is 5.12. The van der Waals surface area contributed by atoms with Gasteiger partial charge in [-0.2, -0.15) is 0 Å². The SMILES string of the molecule is c1ccc(-c2ccc(-c3cc(-c4ccccc4)nc(-c4ccc(-c5c6ccccc6nc6sc7ccccc7c56)cc4)n3)cc2)cc1. The van der Waals surface area contributed by atoms with E-state index in [9.17, 15) is 0 Å². The summed E-state index contributed by atoms with van der Waals surface area (Å²) in [4.78, 5) is 16.3. The highest BCUT2D eigenvalue weighted by Crippen LogP contribution is 2.43. The van der Waals surface area contributed by atoms with E-state index >= 15 is 0 Å². The number of para-hydroxylation sites is 1. The Kier molecular flexibility index (Phi) is 6.65. The van der Waals surface area contributed by atoms with Gasteiger partial charge in [0.1, 0.15) is 4.83 Å². The van der Waals surface area contributed by atoms with Gasteiger partial charge in [-0.15, -0.1) is 11.3 Å². The molecule has 3 aromatic heterocycles. The van der Waals surface area contributed by atoms with E-state index in [2.05, 4.69) is 140 Å². The standard InChI is InChI=1S/C43H27N3S/c1-3-11-28(12-4-1)29-19-21-31(22-20-29)38-27-37(30-13-5-2-6-14-30)44-42(45-38)33-25-23-32(24-26-33)40-34-15-7-9-17-36(34)46-43-41(40)35-16-8-10-18-39(35)47-43/h1-27H. The average Bonchev–Trinajstić information content (AvgIpc) is 3.52. The van der Waals surface area contributed by atoms with Crippen molar-refractivity contribution in [2.75, 3.05) is 0 Å². The number of fused-ring (bicyclic) bond motifs is 4. The molecule has 0 saturated carbocycles. The number of rotatable bonds is 5. The lowest BCUT2D eigenvalue weighted by Gasteiger charge is -2.12. The first-order valence-corrected chi connectivity index (χ1v) is 16.5. The summed E-state index contributed by atoms with van der Waals surface area (Å²) in [5.74, 6) is 0.700. The van der Waals surface area contributed by atoms with Crippen LogP contribution in [0.25, 0.3) is 87.4 Å². The van der Waals surface area contributed by atoms with Crippen molar-refractivity contribution in [1.82, 2.24) is 15.0 Å². The Morgan fingerprint density at radius 3 is 1.62 bits per heavy atom. The highest BCUT2D eigenvalue weighted by atomic mass is 32.1. The lowest BCUT2D eigenvalue weighted by molar-refractivity contribution is 1.18. The number of aromatic nitrogens is 3. The van der Waals surface area contributed by atoms with E-state index < -0.39 is 0 Å². The summed E-state index contributed by atoms with van der Waals surface area (Å²) in [6.07, 6.45) is 0. The van der Waals surface area contributed by atoms with Crippen molar-refractivity contribution < 1.29 is 0 Å². The first kappa shape index (κ1) is 27.3. The predicted molar refractivity (Wildman–Crippen MR) is 197 cm³/mol. The average molecular weight is 618 g/mol. The lowest BCUT2D eigenvalue weighted by atomic mass is 9.95. The molecule has 220 valence electrons. The number of hydrogen-bond donors (Lipinski definition) is 0. The van der Waals surface area contributed by atoms with Crippen LogP contribution in [-0.4, -0.2) is 15.0 Å². The minimum absolute atomic E-state index is 0.700. The van der Waals surface area contributed by atoms with E-state index in [1.807, 2.05) is 24.3 Å². The van der Waals surface area contributed by atoms with Gasteiger partial charge in [-0.25, -0.2) is 15.0 Å². The smallest absolute Gasteiger partial charge is 0.160 e. The summed E-state index contributed by atoms with van der Waals surface area (Å²) in [5, 5.41) is 3.60. The molecule has 3 nitrogen and oxygen atoms in total. The van der Waals surface area contributed by atoms with Gasteiger partial charge in [-0.05, 0) is 34.9 Å². The van der Waals surface area contributed by atoms with Crippen LogP contribution in [0.2, 0.25) is 0 Å². The Morgan fingerprint density at radius 1 is 0.383 bits per heavy atom. The maximum atomic E-state index is 5.12. The Bertz CT molecular complexity index is 2540. The van der Waals surface area contributed by atoms with Crippen LogP contribution in [-0.2, 0) is 0 Å². The van der Waals surface area contributed by atoms with Crippen LogP contribution in [0.4, 0.5) is 0 Å². The lowest BCUT2D eigenvalue weighted by Crippen LogP contribution is -1.96. The summed E-state index contributed by atoms with van der Waals surface area (Å²) in [5.41, 5.74) is 10.6. The molecule has 0 N–H and O–H groups in total. The summed E-state index contributed by atoms with van der Waals surface area (Å²) >= 11 is 1.75. The molecule has 0 spiro atoms. The van der Waals surface area contributed by atoms with Gasteiger partial charge in [0.2, 0.25) is 0 Å². The molecule has 0 aliphatic carbocycles. The zero-order valence-corrected chi connectivity index (χ0v) is 26.2. The first-order chi connectivity index (χ1) is 23.3. The normalized spacial score (nSPS) is 11.4. The van der Waals surface area contributed by atoms with Gasteiger partial charge in [0, 0.05) is 43.1 Å². The van der Waals surface area contributed by atoms with E-state index in [0.717, 1.165) is 49.4 Å². The molecular formula is C43H27N3S. The maximum Gasteiger partial charge on any atom is 0.160 e. The highest BCUT2D eigenvalue weighted by Gasteiger charge is 2.17. The molecular weight excluding hydrogens is 591 g/mol. The topological polar surface area (TPSA) is 38.7 Å². The Balaban J connectivity index is 1.17. The Morgan fingerprint density at radius 2 is 0.894 bits per heavy atom. The number of pyridine rings is 1. The zero-order chi connectivity index (χ0) is 31.2. The molecule has 47 heavy (non-hydrogen) atoms. The van der Waals surface area contributed by atoms with Crippen molar-refractivity contribution in [2.45, 2.75) is 0 Å². The van der Waals surface area contributed by atoms with Crippen LogP contribution in [0.1, 0.15) is 0 Å². The fourth-order valence-corrected chi connectivity index (χ4v) is 7.50. The van der Waals surface area contributed by atoms with Crippen LogP contribution in [0.5, 0.6) is 0 Å². The van der Waals surface area contributed by atoms with Crippen LogP contribution < -0.4 is 0 Å². The molecule has 4 heteroatoms. The monoisotopic (exact) mass is 617 g/mol. The minimum atomic E-state index is 0.700. The molecule has 0 aliphatic rings. The molecule has 0 atom stereocenters. The van der Waals surface area contributed by atoms with Crippen LogP contribution >= 0.6 is 11.3 Å². The van der Waals surface area contributed by atoms with Gasteiger partial charge < -0.3 is 0 Å². The molecule has 0 saturated heterocycles. The van der Waals surface area contributed by atoms with E-state index in [1.165, 1.54) is 32.2 Å². The molecule has 0 amide bonds. The second-order valence-corrected chi connectivity index (χ2v) is 12.7. The van der Waals surface area contributed by atoms with Crippen LogP contribution in [0.3, 0.4) is 0 Å². The van der Waals surface area contributed by atoms with Gasteiger partial charge in [0.25, 0.3) is 0 Å². The summed E-state index contributed by atoms with van der Waals surface area (Å²) in [6.45, 7) is 0. The molecule has 0 unspecified atom stereocenters. The van der Waals surface area contributed by atoms with Crippen molar-refractivity contribution in [3.05, 3.63) is 164 Å².